The fourth-order valence-electron chi connectivity index (χ4n) is 8.07. The van der Waals surface area contributed by atoms with Gasteiger partial charge in [-0.15, -0.1) is 0 Å². The molecule has 2 saturated heterocycles. The van der Waals surface area contributed by atoms with Crippen molar-refractivity contribution in [2.45, 2.75) is 167 Å². The number of rotatable bonds is 6. The van der Waals surface area contributed by atoms with Gasteiger partial charge in [0.15, 0.2) is 0 Å². The minimum Gasteiger partial charge on any atom is -0.491 e. The van der Waals surface area contributed by atoms with Gasteiger partial charge in [-0.25, -0.2) is 24.1 Å². The lowest BCUT2D eigenvalue weighted by Gasteiger charge is -2.40. The normalized spacial score (nSPS) is 24.8. The maximum Gasteiger partial charge on any atom is 0.425 e. The van der Waals surface area contributed by atoms with E-state index >= 15 is 0 Å². The van der Waals surface area contributed by atoms with E-state index in [1.807, 2.05) is 64.1 Å². The maximum atomic E-state index is 13.6. The number of ether oxygens (including phenoxy) is 4. The number of nitrogens with zero attached hydrogens (tertiary/aromatic N) is 2. The quantitative estimate of drug-likeness (QED) is 0.269. The van der Waals surface area contributed by atoms with Crippen molar-refractivity contribution in [3.63, 3.8) is 0 Å². The number of urea groups is 2. The molecule has 0 atom stereocenters. The van der Waals surface area contributed by atoms with Crippen LogP contribution in [0.1, 0.15) is 145 Å². The molecule has 4 aliphatic rings. The first-order valence-corrected chi connectivity index (χ1v) is 20.3. The second-order valence-electron chi connectivity index (χ2n) is 18.3. The molecule has 6 rings (SSSR count). The van der Waals surface area contributed by atoms with E-state index < -0.39 is 46.4 Å². The number of carbonyl (C=O) groups is 6. The van der Waals surface area contributed by atoms with Crippen molar-refractivity contribution in [2.24, 2.45) is 0 Å². The van der Waals surface area contributed by atoms with Crippen LogP contribution in [0.3, 0.4) is 0 Å². The molecule has 0 radical (unpaired) electrons. The fourth-order valence-corrected chi connectivity index (χ4v) is 8.07. The van der Waals surface area contributed by atoms with Gasteiger partial charge in [-0.1, -0.05) is 24.3 Å². The molecule has 0 unspecified atom stereocenters. The molecule has 8 amide bonds. The van der Waals surface area contributed by atoms with E-state index in [0.29, 0.717) is 36.5 Å². The van der Waals surface area contributed by atoms with E-state index in [4.69, 9.17) is 18.9 Å². The van der Waals surface area contributed by atoms with Gasteiger partial charge in [-0.2, -0.15) is 4.90 Å². The number of benzene rings is 2. The van der Waals surface area contributed by atoms with Gasteiger partial charge in [0.1, 0.15) is 33.8 Å². The van der Waals surface area contributed by atoms with Crippen LogP contribution in [0.4, 0.5) is 19.2 Å². The Bertz CT molecular complexity index is 1850. The summed E-state index contributed by atoms with van der Waals surface area (Å²) in [6, 6.07) is 14.7. The van der Waals surface area contributed by atoms with Crippen molar-refractivity contribution in [3.05, 3.63) is 59.7 Å². The second-order valence-corrected chi connectivity index (χ2v) is 18.3. The number of hydrogen-bond donors (Lipinski definition) is 2. The molecule has 2 aromatic carbocycles. The van der Waals surface area contributed by atoms with E-state index in [2.05, 4.69) is 22.8 Å². The predicted octanol–water partition coefficient (Wildman–Crippen LogP) is 8.96. The average Bonchev–Trinajstić information content (AvgIpc) is 3.50. The first-order valence-electron chi connectivity index (χ1n) is 20.3. The van der Waals surface area contributed by atoms with E-state index in [1.54, 1.807) is 41.5 Å². The summed E-state index contributed by atoms with van der Waals surface area (Å²) in [6.45, 7) is 17.9. The van der Waals surface area contributed by atoms with Gasteiger partial charge in [0.05, 0.1) is 12.2 Å². The molecule has 58 heavy (non-hydrogen) atoms. The van der Waals surface area contributed by atoms with Crippen LogP contribution in [0.25, 0.3) is 0 Å². The van der Waals surface area contributed by atoms with Crippen molar-refractivity contribution in [1.82, 2.24) is 20.4 Å². The number of hydrogen-bond acceptors (Lipinski definition) is 10. The van der Waals surface area contributed by atoms with Crippen LogP contribution in [-0.4, -0.2) is 80.4 Å². The van der Waals surface area contributed by atoms with Crippen LogP contribution in [-0.2, 0) is 19.1 Å². The van der Waals surface area contributed by atoms with E-state index in [-0.39, 0.29) is 44.3 Å². The van der Waals surface area contributed by atoms with Gasteiger partial charge < -0.3 is 24.3 Å². The Labute approximate surface area is 343 Å². The Balaban J connectivity index is 0.000000285. The van der Waals surface area contributed by atoms with Gasteiger partial charge in [-0.05, 0) is 168 Å². The number of amides is 8. The minimum absolute atomic E-state index is 0. The Hall–Kier alpha value is -5.14. The molecule has 318 valence electrons. The van der Waals surface area contributed by atoms with E-state index in [1.165, 1.54) is 5.56 Å². The lowest BCUT2D eigenvalue weighted by atomic mass is 9.73. The van der Waals surface area contributed by atoms with Gasteiger partial charge >= 0.3 is 24.2 Å². The van der Waals surface area contributed by atoms with E-state index in [9.17, 15) is 28.8 Å². The lowest BCUT2D eigenvalue weighted by Crippen LogP contribution is -2.55. The Morgan fingerprint density at radius 3 is 1.47 bits per heavy atom. The Morgan fingerprint density at radius 1 is 0.672 bits per heavy atom. The second kappa shape index (κ2) is 17.0. The molecule has 4 fully saturated rings. The minimum atomic E-state index is -1.49. The number of nitrogens with one attached hydrogen (secondary N) is 2. The van der Waals surface area contributed by atoms with E-state index in [0.717, 1.165) is 34.8 Å². The molecule has 2 aliphatic carbocycles. The number of imide groups is 5. The third kappa shape index (κ3) is 10.1. The van der Waals surface area contributed by atoms with Crippen LogP contribution < -0.4 is 20.1 Å². The van der Waals surface area contributed by atoms with Crippen LogP contribution in [0.5, 0.6) is 11.5 Å². The van der Waals surface area contributed by atoms with Crippen molar-refractivity contribution in [2.75, 3.05) is 0 Å². The van der Waals surface area contributed by atoms with Gasteiger partial charge in [0.2, 0.25) is 0 Å². The third-order valence-corrected chi connectivity index (χ3v) is 10.7. The predicted molar refractivity (Wildman–Crippen MR) is 218 cm³/mol. The molecule has 2 saturated carbocycles. The molecule has 0 aromatic heterocycles. The van der Waals surface area contributed by atoms with Crippen molar-refractivity contribution in [3.8, 4) is 11.5 Å². The summed E-state index contributed by atoms with van der Waals surface area (Å²) in [5.41, 5.74) is -1.62. The smallest absolute Gasteiger partial charge is 0.425 e. The van der Waals surface area contributed by atoms with Crippen LogP contribution in [0, 0.1) is 0 Å². The topological polar surface area (TPSA) is 170 Å². The molecule has 2 spiro atoms. The first kappa shape index (κ1) is 44.0. The molecule has 2 aromatic rings. The molecule has 14 nitrogen and oxygen atoms in total. The summed E-state index contributed by atoms with van der Waals surface area (Å²) in [6.07, 6.45) is 2.92. The highest BCUT2D eigenvalue weighted by Gasteiger charge is 2.64. The van der Waals surface area contributed by atoms with Crippen LogP contribution >= 0.6 is 0 Å². The van der Waals surface area contributed by atoms with Crippen molar-refractivity contribution >= 4 is 36.1 Å². The van der Waals surface area contributed by atoms with Crippen LogP contribution in [0.15, 0.2) is 48.5 Å². The highest BCUT2D eigenvalue weighted by molar-refractivity contribution is 6.20. The maximum absolute atomic E-state index is 13.6. The fraction of sp³-hybridized carbons (Fsp3) is 0.591. The zero-order chi connectivity index (χ0) is 42.8. The standard InChI is InChI=1S/C27H38N2O7.C17H22N2O3.H2/c1-17(2)34-20-11-9-18(10-12-20)19-13-15-27(16-14-19)21(30)28(23(32)35-25(3,4)5)22(31)29(27)24(33)36-26(6,7)8;1-11(2)22-14-5-3-12(4-6-14)13-7-9-17(10-8-13)15(20)18-16(21)19-17;/h9-12,17,19H,13-16H2,1-8H3;3-6,11,13H,7-10H2,1-2H3,(H2,18,19,20,21);1H. The van der Waals surface area contributed by atoms with Gasteiger partial charge in [-0.3, -0.25) is 14.9 Å². The lowest BCUT2D eigenvalue weighted by molar-refractivity contribution is -0.134. The third-order valence-electron chi connectivity index (χ3n) is 10.7. The molecule has 2 heterocycles. The summed E-state index contributed by atoms with van der Waals surface area (Å²) in [5, 5.41) is 5.15. The molecule has 14 heteroatoms. The average molecular weight is 807 g/mol. The van der Waals surface area contributed by atoms with Crippen molar-refractivity contribution < 1.29 is 49.1 Å². The molecule has 0 bridgehead atoms. The van der Waals surface area contributed by atoms with Crippen LogP contribution in [0.2, 0.25) is 0 Å². The molecular weight excluding hydrogens is 745 g/mol. The molecule has 2 N–H and O–H groups in total. The highest BCUT2D eigenvalue weighted by Crippen LogP contribution is 2.46. The zero-order valence-corrected chi connectivity index (χ0v) is 35.6. The summed E-state index contributed by atoms with van der Waals surface area (Å²) in [7, 11) is 0. The first-order chi connectivity index (χ1) is 27.0. The molecular formula is C44H62N4O10. The van der Waals surface area contributed by atoms with Gasteiger partial charge in [0.25, 0.3) is 11.8 Å². The summed E-state index contributed by atoms with van der Waals surface area (Å²) in [4.78, 5) is 77.5. The summed E-state index contributed by atoms with van der Waals surface area (Å²) >= 11 is 0. The van der Waals surface area contributed by atoms with Gasteiger partial charge in [0, 0.05) is 1.43 Å². The monoisotopic (exact) mass is 806 g/mol. The summed E-state index contributed by atoms with van der Waals surface area (Å²) in [5.74, 6) is 1.31. The SMILES string of the molecule is CC(C)Oc1ccc(C2CCC3(CC2)C(=O)N(C(=O)OC(C)(C)C)C(=O)N3C(=O)OC(C)(C)C)cc1.CC(C)Oc1ccc(C2CCC3(CC2)NC(=O)NC3=O)cc1.[HH]. The summed E-state index contributed by atoms with van der Waals surface area (Å²) < 4.78 is 22.2. The number of carbonyl (C=O) groups excluding carboxylic acids is 6. The zero-order valence-electron chi connectivity index (χ0n) is 35.6. The van der Waals surface area contributed by atoms with Crippen molar-refractivity contribution in [1.29, 1.82) is 0 Å². The largest absolute Gasteiger partial charge is 0.491 e. The Kier molecular flexibility index (Phi) is 12.9. The molecule has 2 aliphatic heterocycles. The highest BCUT2D eigenvalue weighted by atomic mass is 16.6. The Morgan fingerprint density at radius 2 is 1.09 bits per heavy atom.